The van der Waals surface area contributed by atoms with Crippen LogP contribution in [0.5, 0.6) is 5.75 Å². The van der Waals surface area contributed by atoms with Gasteiger partial charge in [-0.25, -0.2) is 0 Å². The van der Waals surface area contributed by atoms with Gasteiger partial charge in [0.25, 0.3) is 5.91 Å². The third kappa shape index (κ3) is 3.49. The van der Waals surface area contributed by atoms with Gasteiger partial charge in [-0.15, -0.1) is 6.58 Å². The maximum absolute atomic E-state index is 13.1. The number of rotatable bonds is 4. The first-order valence-corrected chi connectivity index (χ1v) is 10.2. The molecule has 0 bridgehead atoms. The molecule has 4 rings (SSSR count). The van der Waals surface area contributed by atoms with Crippen molar-refractivity contribution in [3.8, 4) is 5.75 Å². The summed E-state index contributed by atoms with van der Waals surface area (Å²) in [6.07, 6.45) is 1.82. The molecule has 0 saturated heterocycles. The van der Waals surface area contributed by atoms with Crippen molar-refractivity contribution in [2.24, 2.45) is 4.99 Å². The molecule has 3 aromatic carbocycles. The van der Waals surface area contributed by atoms with E-state index in [1.165, 1.54) is 16.9 Å². The highest BCUT2D eigenvalue weighted by Crippen LogP contribution is 2.27. The Labute approximate surface area is 173 Å². The highest BCUT2D eigenvalue weighted by molar-refractivity contribution is 7.16. The largest absolute Gasteiger partial charge is 0.496 e. The fourth-order valence-electron chi connectivity index (χ4n) is 3.68. The Morgan fingerprint density at radius 2 is 1.90 bits per heavy atom. The van der Waals surface area contributed by atoms with Crippen LogP contribution in [-0.4, -0.2) is 17.6 Å². The molecule has 0 spiro atoms. The number of aryl methyl sites for hydroxylation is 2. The van der Waals surface area contributed by atoms with E-state index in [1.54, 1.807) is 7.11 Å². The monoisotopic (exact) mass is 402 g/mol. The van der Waals surface area contributed by atoms with Gasteiger partial charge in [0.05, 0.1) is 22.9 Å². The van der Waals surface area contributed by atoms with Gasteiger partial charge in [0, 0.05) is 6.54 Å². The van der Waals surface area contributed by atoms with E-state index in [-0.39, 0.29) is 5.91 Å². The highest BCUT2D eigenvalue weighted by atomic mass is 32.1. The maximum atomic E-state index is 13.1. The van der Waals surface area contributed by atoms with Gasteiger partial charge in [-0.05, 0) is 53.9 Å². The van der Waals surface area contributed by atoms with Crippen LogP contribution in [0.2, 0.25) is 0 Å². The van der Waals surface area contributed by atoms with E-state index in [2.05, 4.69) is 37.6 Å². The number of ether oxygens (including phenoxy) is 1. The van der Waals surface area contributed by atoms with E-state index in [1.807, 2.05) is 47.0 Å². The summed E-state index contributed by atoms with van der Waals surface area (Å²) in [6, 6.07) is 15.9. The Morgan fingerprint density at radius 3 is 2.59 bits per heavy atom. The second kappa shape index (κ2) is 7.68. The average Bonchev–Trinajstić information content (AvgIpc) is 3.04. The van der Waals surface area contributed by atoms with Crippen molar-refractivity contribution in [2.45, 2.75) is 20.4 Å². The summed E-state index contributed by atoms with van der Waals surface area (Å²) in [6.45, 7) is 8.61. The number of benzene rings is 3. The zero-order valence-corrected chi connectivity index (χ0v) is 17.5. The molecule has 4 nitrogen and oxygen atoms in total. The molecule has 4 aromatic rings. The lowest BCUT2D eigenvalue weighted by atomic mass is 10.1. The van der Waals surface area contributed by atoms with Crippen LogP contribution >= 0.6 is 11.3 Å². The standard InChI is InChI=1S/C24H22N2O2S/c1-5-10-26-22-16(3)11-15(2)12-21(22)29-24(26)25-23(27)19-13-17-8-6-7-9-18(17)14-20(19)28-4/h5-9,11-14H,1,10H2,2-4H3. The van der Waals surface area contributed by atoms with Gasteiger partial charge in [-0.3, -0.25) is 4.79 Å². The SMILES string of the molecule is C=CCn1c(=NC(=O)c2cc3ccccc3cc2OC)sc2cc(C)cc(C)c21. The molecular formula is C24H22N2O2S. The summed E-state index contributed by atoms with van der Waals surface area (Å²) in [7, 11) is 1.57. The smallest absolute Gasteiger partial charge is 0.283 e. The number of methoxy groups -OCH3 is 1. The van der Waals surface area contributed by atoms with E-state index in [0.717, 1.165) is 26.6 Å². The number of amides is 1. The van der Waals surface area contributed by atoms with Gasteiger partial charge in [0.1, 0.15) is 5.75 Å². The fourth-order valence-corrected chi connectivity index (χ4v) is 4.89. The van der Waals surface area contributed by atoms with Gasteiger partial charge >= 0.3 is 0 Å². The summed E-state index contributed by atoms with van der Waals surface area (Å²) in [5, 5.41) is 2.00. The molecule has 1 heterocycles. The van der Waals surface area contributed by atoms with Crippen LogP contribution in [0.3, 0.4) is 0 Å². The predicted molar refractivity (Wildman–Crippen MR) is 120 cm³/mol. The number of aromatic nitrogens is 1. The minimum Gasteiger partial charge on any atom is -0.496 e. The Kier molecular flexibility index (Phi) is 5.07. The Morgan fingerprint density at radius 1 is 1.17 bits per heavy atom. The van der Waals surface area contributed by atoms with E-state index in [0.29, 0.717) is 22.7 Å². The molecule has 0 N–H and O–H groups in total. The van der Waals surface area contributed by atoms with E-state index >= 15 is 0 Å². The minimum atomic E-state index is -0.314. The molecule has 5 heteroatoms. The first kappa shape index (κ1) is 19.2. The molecule has 0 fully saturated rings. The van der Waals surface area contributed by atoms with Crippen molar-refractivity contribution in [3.05, 3.63) is 82.7 Å². The van der Waals surface area contributed by atoms with Gasteiger partial charge in [-0.1, -0.05) is 47.7 Å². The number of thiazole rings is 1. The van der Waals surface area contributed by atoms with E-state index in [4.69, 9.17) is 4.74 Å². The third-order valence-corrected chi connectivity index (χ3v) is 5.94. The number of allylic oxidation sites excluding steroid dienone is 1. The fraction of sp³-hybridized carbons (Fsp3) is 0.167. The van der Waals surface area contributed by atoms with Gasteiger partial charge < -0.3 is 9.30 Å². The quantitative estimate of drug-likeness (QED) is 0.429. The van der Waals surface area contributed by atoms with Crippen molar-refractivity contribution in [2.75, 3.05) is 7.11 Å². The summed E-state index contributed by atoms with van der Waals surface area (Å²) in [5.74, 6) is 0.215. The first-order chi connectivity index (χ1) is 14.0. The highest BCUT2D eigenvalue weighted by Gasteiger charge is 2.15. The van der Waals surface area contributed by atoms with Crippen LogP contribution in [0.1, 0.15) is 21.5 Å². The lowest BCUT2D eigenvalue weighted by molar-refractivity contribution is 0.0995. The number of carbonyl (C=O) groups excluding carboxylic acids is 1. The second-order valence-corrected chi connectivity index (χ2v) is 8.04. The summed E-state index contributed by atoms with van der Waals surface area (Å²) < 4.78 is 8.64. The van der Waals surface area contributed by atoms with E-state index < -0.39 is 0 Å². The number of hydrogen-bond donors (Lipinski definition) is 0. The molecule has 1 amide bonds. The number of nitrogens with zero attached hydrogens (tertiary/aromatic N) is 2. The van der Waals surface area contributed by atoms with Crippen LogP contribution in [0.15, 0.2) is 66.2 Å². The van der Waals surface area contributed by atoms with Gasteiger partial charge in [-0.2, -0.15) is 4.99 Å². The van der Waals surface area contributed by atoms with Crippen molar-refractivity contribution < 1.29 is 9.53 Å². The van der Waals surface area contributed by atoms with Crippen molar-refractivity contribution in [1.29, 1.82) is 0 Å². The van der Waals surface area contributed by atoms with Crippen molar-refractivity contribution >= 4 is 38.2 Å². The zero-order valence-electron chi connectivity index (χ0n) is 16.7. The molecule has 29 heavy (non-hydrogen) atoms. The Hall–Kier alpha value is -3.18. The Balaban J connectivity index is 1.92. The molecule has 0 unspecified atom stereocenters. The molecule has 0 saturated carbocycles. The normalized spacial score (nSPS) is 11.9. The van der Waals surface area contributed by atoms with Gasteiger partial charge in [0.15, 0.2) is 4.80 Å². The lowest BCUT2D eigenvalue weighted by Gasteiger charge is -2.08. The molecule has 0 atom stereocenters. The van der Waals surface area contributed by atoms with Gasteiger partial charge in [0.2, 0.25) is 0 Å². The summed E-state index contributed by atoms with van der Waals surface area (Å²) in [5.41, 5.74) is 3.91. The first-order valence-electron chi connectivity index (χ1n) is 9.39. The second-order valence-electron chi connectivity index (χ2n) is 7.03. The van der Waals surface area contributed by atoms with Crippen LogP contribution in [-0.2, 0) is 6.54 Å². The molecule has 146 valence electrons. The van der Waals surface area contributed by atoms with E-state index in [9.17, 15) is 4.79 Å². The van der Waals surface area contributed by atoms with Crippen molar-refractivity contribution in [1.82, 2.24) is 4.57 Å². The van der Waals surface area contributed by atoms with Crippen LogP contribution in [0.25, 0.3) is 21.0 Å². The minimum absolute atomic E-state index is 0.314. The van der Waals surface area contributed by atoms with Crippen LogP contribution in [0, 0.1) is 13.8 Å². The molecule has 0 aliphatic rings. The van der Waals surface area contributed by atoms with Crippen molar-refractivity contribution in [3.63, 3.8) is 0 Å². The van der Waals surface area contributed by atoms with Crippen LogP contribution < -0.4 is 9.54 Å². The molecule has 1 aromatic heterocycles. The average molecular weight is 403 g/mol. The maximum Gasteiger partial charge on any atom is 0.283 e. The predicted octanol–water partition coefficient (Wildman–Crippen LogP) is 5.41. The van der Waals surface area contributed by atoms with Crippen LogP contribution in [0.4, 0.5) is 0 Å². The number of carbonyl (C=O) groups is 1. The Bertz CT molecular complexity index is 1330. The topological polar surface area (TPSA) is 43.6 Å². The third-order valence-electron chi connectivity index (χ3n) is 4.92. The number of hydrogen-bond acceptors (Lipinski definition) is 3. The number of fused-ring (bicyclic) bond motifs is 2. The molecule has 0 radical (unpaired) electrons. The molecule has 0 aliphatic heterocycles. The zero-order chi connectivity index (χ0) is 20.5. The molecule has 0 aliphatic carbocycles. The lowest BCUT2D eigenvalue weighted by Crippen LogP contribution is -2.17. The molecular weight excluding hydrogens is 380 g/mol. The summed E-state index contributed by atoms with van der Waals surface area (Å²) in [4.78, 5) is 18.3. The summed E-state index contributed by atoms with van der Waals surface area (Å²) >= 11 is 1.52.